The summed E-state index contributed by atoms with van der Waals surface area (Å²) in [6.07, 6.45) is 1.58. The summed E-state index contributed by atoms with van der Waals surface area (Å²) in [4.78, 5) is 0.217. The zero-order valence-corrected chi connectivity index (χ0v) is 14.0. The molecule has 2 N–H and O–H groups in total. The van der Waals surface area contributed by atoms with Gasteiger partial charge < -0.3 is 9.84 Å². The molecule has 1 aromatic rings. The molecule has 21 heavy (non-hydrogen) atoms. The third kappa shape index (κ3) is 4.78. The van der Waals surface area contributed by atoms with Crippen LogP contribution in [0.5, 0.6) is 0 Å². The van der Waals surface area contributed by atoms with Crippen LogP contribution in [0.25, 0.3) is 0 Å². The normalized spacial score (nSPS) is 13.4. The first-order chi connectivity index (χ1) is 9.85. The van der Waals surface area contributed by atoms with Crippen LogP contribution in [0.2, 0.25) is 0 Å². The number of nitrogens with one attached hydrogen (secondary N) is 1. The summed E-state index contributed by atoms with van der Waals surface area (Å²) >= 11 is 0. The number of aryl methyl sites for hydroxylation is 2. The van der Waals surface area contributed by atoms with Crippen molar-refractivity contribution in [2.24, 2.45) is 0 Å². The summed E-state index contributed by atoms with van der Waals surface area (Å²) in [6.45, 7) is 5.77. The van der Waals surface area contributed by atoms with Crippen molar-refractivity contribution in [3.8, 4) is 0 Å². The molecule has 0 saturated carbocycles. The Morgan fingerprint density at radius 1 is 1.29 bits per heavy atom. The van der Waals surface area contributed by atoms with Crippen molar-refractivity contribution in [1.82, 2.24) is 4.72 Å². The summed E-state index contributed by atoms with van der Waals surface area (Å²) in [5.74, 6) is 0. The molecule has 0 aliphatic carbocycles. The van der Waals surface area contributed by atoms with Gasteiger partial charge in [-0.25, -0.2) is 13.1 Å². The lowest BCUT2D eigenvalue weighted by atomic mass is 10.1. The van der Waals surface area contributed by atoms with Crippen LogP contribution in [-0.2, 0) is 21.4 Å². The van der Waals surface area contributed by atoms with E-state index in [1.54, 1.807) is 26.2 Å². The van der Waals surface area contributed by atoms with E-state index in [1.807, 2.05) is 13.8 Å². The van der Waals surface area contributed by atoms with Gasteiger partial charge in [0, 0.05) is 13.2 Å². The van der Waals surface area contributed by atoms with Crippen molar-refractivity contribution in [3.05, 3.63) is 28.8 Å². The molecular weight excluding hydrogens is 290 g/mol. The van der Waals surface area contributed by atoms with E-state index < -0.39 is 10.0 Å². The Morgan fingerprint density at radius 2 is 1.95 bits per heavy atom. The first-order valence-electron chi connectivity index (χ1n) is 7.08. The maximum Gasteiger partial charge on any atom is 0.241 e. The maximum absolute atomic E-state index is 12.5. The lowest BCUT2D eigenvalue weighted by molar-refractivity contribution is 0.171. The highest BCUT2D eigenvalue weighted by Crippen LogP contribution is 2.21. The number of hydrogen-bond acceptors (Lipinski definition) is 4. The minimum atomic E-state index is -3.63. The predicted octanol–water partition coefficient (Wildman–Crippen LogP) is 1.89. The lowest BCUT2D eigenvalue weighted by Gasteiger charge is -2.19. The summed E-state index contributed by atoms with van der Waals surface area (Å²) < 4.78 is 32.8. The van der Waals surface area contributed by atoms with Crippen LogP contribution >= 0.6 is 0 Å². The molecule has 0 aromatic heterocycles. The van der Waals surface area contributed by atoms with Gasteiger partial charge in [-0.2, -0.15) is 0 Å². The van der Waals surface area contributed by atoms with E-state index in [4.69, 9.17) is 4.74 Å². The average Bonchev–Trinajstić information content (AvgIpc) is 2.38. The SMILES string of the molecule is CCCC(COC)NS(=O)(=O)c1cc(CO)c(C)cc1C. The molecule has 1 unspecified atom stereocenters. The van der Waals surface area contributed by atoms with Crippen LogP contribution in [0, 0.1) is 13.8 Å². The minimum Gasteiger partial charge on any atom is -0.392 e. The monoisotopic (exact) mass is 315 g/mol. The fraction of sp³-hybridized carbons (Fsp3) is 0.600. The van der Waals surface area contributed by atoms with Gasteiger partial charge in [0.25, 0.3) is 0 Å². The fourth-order valence-corrected chi connectivity index (χ4v) is 3.88. The molecule has 5 nitrogen and oxygen atoms in total. The van der Waals surface area contributed by atoms with Crippen molar-refractivity contribution < 1.29 is 18.3 Å². The summed E-state index contributed by atoms with van der Waals surface area (Å²) in [5, 5.41) is 9.31. The summed E-state index contributed by atoms with van der Waals surface area (Å²) in [7, 11) is -2.07. The molecule has 1 rings (SSSR count). The highest BCUT2D eigenvalue weighted by molar-refractivity contribution is 7.89. The van der Waals surface area contributed by atoms with Crippen LogP contribution in [0.1, 0.15) is 36.5 Å². The highest BCUT2D eigenvalue weighted by Gasteiger charge is 2.22. The molecule has 1 aromatic carbocycles. The van der Waals surface area contributed by atoms with Crippen molar-refractivity contribution >= 4 is 10.0 Å². The molecule has 0 spiro atoms. The second-order valence-electron chi connectivity index (χ2n) is 5.26. The maximum atomic E-state index is 12.5. The second kappa shape index (κ2) is 7.89. The second-order valence-corrected chi connectivity index (χ2v) is 6.95. The number of aliphatic hydroxyl groups excluding tert-OH is 1. The molecule has 0 amide bonds. The standard InChI is InChI=1S/C15H25NO4S/c1-5-6-14(10-20-4)16-21(18,19)15-8-13(9-17)11(2)7-12(15)3/h7-8,14,16-17H,5-6,9-10H2,1-4H3. The molecule has 0 fully saturated rings. The average molecular weight is 315 g/mol. The molecule has 6 heteroatoms. The van der Waals surface area contributed by atoms with E-state index in [0.29, 0.717) is 24.2 Å². The van der Waals surface area contributed by atoms with Gasteiger partial charge in [0.1, 0.15) is 0 Å². The number of ether oxygens (including phenoxy) is 1. The predicted molar refractivity (Wildman–Crippen MR) is 82.7 cm³/mol. The Hall–Kier alpha value is -0.950. The molecule has 0 aliphatic heterocycles. The zero-order valence-electron chi connectivity index (χ0n) is 13.1. The van der Waals surface area contributed by atoms with E-state index in [2.05, 4.69) is 4.72 Å². The molecule has 0 aliphatic rings. The number of benzene rings is 1. The molecule has 120 valence electrons. The molecule has 1 atom stereocenters. The molecule has 0 radical (unpaired) electrons. The van der Waals surface area contributed by atoms with Gasteiger partial charge in [-0.3, -0.25) is 0 Å². The van der Waals surface area contributed by atoms with E-state index in [-0.39, 0.29) is 17.5 Å². The van der Waals surface area contributed by atoms with Gasteiger partial charge in [0.2, 0.25) is 10.0 Å². The van der Waals surface area contributed by atoms with Gasteiger partial charge in [-0.1, -0.05) is 19.4 Å². The first-order valence-corrected chi connectivity index (χ1v) is 8.56. The quantitative estimate of drug-likeness (QED) is 0.768. The van der Waals surface area contributed by atoms with Crippen molar-refractivity contribution in [1.29, 1.82) is 0 Å². The van der Waals surface area contributed by atoms with Gasteiger partial charge in [-0.15, -0.1) is 0 Å². The highest BCUT2D eigenvalue weighted by atomic mass is 32.2. The van der Waals surface area contributed by atoms with E-state index in [0.717, 1.165) is 12.0 Å². The van der Waals surface area contributed by atoms with Crippen LogP contribution in [0.4, 0.5) is 0 Å². The Bertz CT molecular complexity index is 563. The Balaban J connectivity index is 3.12. The smallest absolute Gasteiger partial charge is 0.241 e. The first kappa shape index (κ1) is 18.1. The number of hydrogen-bond donors (Lipinski definition) is 2. The third-order valence-electron chi connectivity index (χ3n) is 3.42. The molecule has 0 heterocycles. The van der Waals surface area contributed by atoms with Crippen LogP contribution in [0.3, 0.4) is 0 Å². The van der Waals surface area contributed by atoms with E-state index in [9.17, 15) is 13.5 Å². The van der Waals surface area contributed by atoms with Crippen LogP contribution in [0.15, 0.2) is 17.0 Å². The number of sulfonamides is 1. The number of methoxy groups -OCH3 is 1. The summed E-state index contributed by atoms with van der Waals surface area (Å²) in [5.41, 5.74) is 2.18. The van der Waals surface area contributed by atoms with Crippen molar-refractivity contribution in [3.63, 3.8) is 0 Å². The van der Waals surface area contributed by atoms with E-state index in [1.165, 1.54) is 0 Å². The molecule has 0 bridgehead atoms. The largest absolute Gasteiger partial charge is 0.392 e. The zero-order chi connectivity index (χ0) is 16.0. The van der Waals surface area contributed by atoms with E-state index >= 15 is 0 Å². The Labute approximate surface area is 127 Å². The van der Waals surface area contributed by atoms with Crippen molar-refractivity contribution in [2.45, 2.75) is 51.2 Å². The molecule has 0 saturated heterocycles. The van der Waals surface area contributed by atoms with Gasteiger partial charge >= 0.3 is 0 Å². The number of rotatable bonds is 8. The van der Waals surface area contributed by atoms with Crippen LogP contribution < -0.4 is 4.72 Å². The van der Waals surface area contributed by atoms with Gasteiger partial charge in [0.15, 0.2) is 0 Å². The fourth-order valence-electron chi connectivity index (χ4n) is 2.34. The number of aliphatic hydroxyl groups is 1. The lowest BCUT2D eigenvalue weighted by Crippen LogP contribution is -2.38. The third-order valence-corrected chi connectivity index (χ3v) is 5.08. The topological polar surface area (TPSA) is 75.6 Å². The molecular formula is C15H25NO4S. The Morgan fingerprint density at radius 3 is 2.48 bits per heavy atom. The van der Waals surface area contributed by atoms with Gasteiger partial charge in [0.05, 0.1) is 18.1 Å². The Kier molecular flexibility index (Phi) is 6.80. The van der Waals surface area contributed by atoms with Crippen molar-refractivity contribution in [2.75, 3.05) is 13.7 Å². The van der Waals surface area contributed by atoms with Gasteiger partial charge in [-0.05, 0) is 43.0 Å². The minimum absolute atomic E-state index is 0.176. The summed E-state index contributed by atoms with van der Waals surface area (Å²) in [6, 6.07) is 3.08. The van der Waals surface area contributed by atoms with Crippen LogP contribution in [-0.4, -0.2) is 33.3 Å².